The number of rotatable bonds is 7. The first-order valence-electron chi connectivity index (χ1n) is 9.55. The van der Waals surface area contributed by atoms with E-state index >= 15 is 0 Å². The topological polar surface area (TPSA) is 79.9 Å². The number of nitrogens with zero attached hydrogens (tertiary/aromatic N) is 3. The van der Waals surface area contributed by atoms with Crippen molar-refractivity contribution in [1.82, 2.24) is 9.55 Å². The average molecular weight is 421 g/mol. The van der Waals surface area contributed by atoms with Gasteiger partial charge in [0, 0.05) is 41.3 Å². The molecule has 7 heteroatoms. The molecule has 0 saturated carbocycles. The molecule has 0 aliphatic rings. The zero-order valence-electron chi connectivity index (χ0n) is 17.5. The van der Waals surface area contributed by atoms with E-state index in [-0.39, 0.29) is 11.6 Å². The molecule has 2 aromatic heterocycles. The first-order valence-corrected chi connectivity index (χ1v) is 10.4. The maximum Gasteiger partial charge on any atom is 0.266 e. The fourth-order valence-corrected chi connectivity index (χ4v) is 4.18. The van der Waals surface area contributed by atoms with Crippen molar-refractivity contribution in [3.05, 3.63) is 64.4 Å². The molecular weight excluding hydrogens is 396 g/mol. The Kier molecular flexibility index (Phi) is 6.83. The highest BCUT2D eigenvalue weighted by atomic mass is 32.1. The molecule has 0 fully saturated rings. The van der Waals surface area contributed by atoms with Crippen LogP contribution in [0, 0.1) is 25.2 Å². The number of amides is 1. The van der Waals surface area contributed by atoms with Crippen LogP contribution in [0.1, 0.15) is 29.9 Å². The summed E-state index contributed by atoms with van der Waals surface area (Å²) in [6.45, 7) is 6.65. The van der Waals surface area contributed by atoms with E-state index in [0.29, 0.717) is 12.3 Å². The number of aryl methyl sites for hydroxylation is 1. The van der Waals surface area contributed by atoms with Gasteiger partial charge >= 0.3 is 0 Å². The van der Waals surface area contributed by atoms with Crippen molar-refractivity contribution < 1.29 is 9.53 Å². The Hall–Kier alpha value is -3.21. The Morgan fingerprint density at radius 1 is 1.40 bits per heavy atom. The molecule has 0 bridgehead atoms. The van der Waals surface area contributed by atoms with Gasteiger partial charge in [0.15, 0.2) is 0 Å². The zero-order chi connectivity index (χ0) is 21.7. The third kappa shape index (κ3) is 4.67. The van der Waals surface area contributed by atoms with E-state index in [2.05, 4.69) is 21.8 Å². The first kappa shape index (κ1) is 21.5. The molecule has 0 saturated heterocycles. The molecule has 1 aromatic carbocycles. The Morgan fingerprint density at radius 3 is 2.87 bits per heavy atom. The lowest BCUT2D eigenvalue weighted by molar-refractivity contribution is -0.112. The van der Waals surface area contributed by atoms with Gasteiger partial charge in [-0.3, -0.25) is 4.79 Å². The Bertz CT molecular complexity index is 1110. The van der Waals surface area contributed by atoms with Crippen LogP contribution in [0.3, 0.4) is 0 Å². The third-order valence-electron chi connectivity index (χ3n) is 4.84. The average Bonchev–Trinajstić information content (AvgIpc) is 3.35. The summed E-state index contributed by atoms with van der Waals surface area (Å²) in [4.78, 5) is 17.0. The van der Waals surface area contributed by atoms with E-state index < -0.39 is 5.91 Å². The fraction of sp³-hybridized carbons (Fsp3) is 0.261. The maximum atomic E-state index is 12.7. The number of hydrogen-bond donors (Lipinski definition) is 1. The van der Waals surface area contributed by atoms with E-state index in [1.165, 1.54) is 11.3 Å². The van der Waals surface area contributed by atoms with E-state index in [1.54, 1.807) is 25.4 Å². The molecule has 3 aromatic rings. The maximum absolute atomic E-state index is 12.7. The van der Waals surface area contributed by atoms with Gasteiger partial charge in [-0.15, -0.1) is 11.3 Å². The molecule has 1 atom stereocenters. The highest BCUT2D eigenvalue weighted by Gasteiger charge is 2.16. The third-order valence-corrected chi connectivity index (χ3v) is 5.66. The van der Waals surface area contributed by atoms with E-state index in [9.17, 15) is 10.1 Å². The predicted octanol–water partition coefficient (Wildman–Crippen LogP) is 4.98. The minimum atomic E-state index is -0.441. The van der Waals surface area contributed by atoms with Gasteiger partial charge in [-0.1, -0.05) is 12.1 Å². The van der Waals surface area contributed by atoms with E-state index in [0.717, 1.165) is 27.5 Å². The molecule has 0 aliphatic heterocycles. The number of hydrogen-bond acceptors (Lipinski definition) is 5. The molecule has 0 radical (unpaired) electrons. The Balaban J connectivity index is 1.84. The summed E-state index contributed by atoms with van der Waals surface area (Å²) in [5.41, 5.74) is 4.47. The van der Waals surface area contributed by atoms with E-state index in [1.807, 2.05) is 49.6 Å². The van der Waals surface area contributed by atoms with Crippen LogP contribution in [-0.4, -0.2) is 29.2 Å². The summed E-state index contributed by atoms with van der Waals surface area (Å²) in [5.74, 6) is -0.441. The van der Waals surface area contributed by atoms with Gasteiger partial charge in [-0.05, 0) is 50.6 Å². The summed E-state index contributed by atoms with van der Waals surface area (Å²) in [7, 11) is 1.67. The quantitative estimate of drug-likeness (QED) is 0.432. The summed E-state index contributed by atoms with van der Waals surface area (Å²) in [6.07, 6.45) is 3.38. The highest BCUT2D eigenvalue weighted by Crippen LogP contribution is 2.25. The monoisotopic (exact) mass is 420 g/mol. The summed E-state index contributed by atoms with van der Waals surface area (Å²) < 4.78 is 7.42. The van der Waals surface area contributed by atoms with Crippen LogP contribution >= 0.6 is 11.3 Å². The van der Waals surface area contributed by atoms with Crippen LogP contribution < -0.4 is 5.32 Å². The normalized spacial score (nSPS) is 12.4. The number of nitrogens with one attached hydrogen (secondary N) is 1. The zero-order valence-corrected chi connectivity index (χ0v) is 18.3. The van der Waals surface area contributed by atoms with Crippen LogP contribution in [0.15, 0.2) is 47.5 Å². The molecular formula is C23H24N4O2S. The van der Waals surface area contributed by atoms with Gasteiger partial charge < -0.3 is 14.6 Å². The number of methoxy groups -OCH3 is 1. The second kappa shape index (κ2) is 9.53. The van der Waals surface area contributed by atoms with Crippen LogP contribution in [0.4, 0.5) is 5.69 Å². The minimum Gasteiger partial charge on any atom is -0.383 e. The van der Waals surface area contributed by atoms with Crippen LogP contribution in [-0.2, 0) is 9.53 Å². The number of aromatic nitrogens is 2. The predicted molar refractivity (Wildman–Crippen MR) is 120 cm³/mol. The number of thiazole rings is 1. The molecule has 1 unspecified atom stereocenters. The van der Waals surface area contributed by atoms with E-state index in [4.69, 9.17) is 4.74 Å². The molecule has 1 amide bonds. The largest absolute Gasteiger partial charge is 0.383 e. The lowest BCUT2D eigenvalue weighted by atomic mass is 10.1. The minimum absolute atomic E-state index is 0.0503. The van der Waals surface area contributed by atoms with Gasteiger partial charge in [0.2, 0.25) is 0 Å². The van der Waals surface area contributed by atoms with Gasteiger partial charge in [-0.2, -0.15) is 5.26 Å². The number of nitriles is 1. The van der Waals surface area contributed by atoms with Crippen molar-refractivity contribution in [2.24, 2.45) is 0 Å². The molecule has 3 rings (SSSR count). The molecule has 0 spiro atoms. The van der Waals surface area contributed by atoms with Crippen LogP contribution in [0.25, 0.3) is 16.6 Å². The second-order valence-electron chi connectivity index (χ2n) is 7.04. The molecule has 154 valence electrons. The lowest BCUT2D eigenvalue weighted by Crippen LogP contribution is -2.14. The smallest absolute Gasteiger partial charge is 0.266 e. The van der Waals surface area contributed by atoms with Crippen molar-refractivity contribution in [3.63, 3.8) is 0 Å². The summed E-state index contributed by atoms with van der Waals surface area (Å²) in [6, 6.07) is 11.6. The molecule has 2 heterocycles. The number of carbonyl (C=O) groups excluding carboxylic acids is 1. The lowest BCUT2D eigenvalue weighted by Gasteiger charge is -2.17. The standard InChI is InChI=1S/C23H24N4O2S/c1-15-10-19(17(3)27(15)16(2)14-29-4)11-20(13-24)22(28)26-21-7-5-6-18(12-21)23-25-8-9-30-23/h5-12,16H,14H2,1-4H3,(H,26,28)/b20-11-. The first-order chi connectivity index (χ1) is 14.4. The van der Waals surface area contributed by atoms with Crippen molar-refractivity contribution in [1.29, 1.82) is 5.26 Å². The Morgan fingerprint density at radius 2 is 2.20 bits per heavy atom. The molecule has 6 nitrogen and oxygen atoms in total. The van der Waals surface area contributed by atoms with Gasteiger partial charge in [0.05, 0.1) is 12.6 Å². The fourth-order valence-electron chi connectivity index (χ4n) is 3.54. The Labute approximate surface area is 180 Å². The van der Waals surface area contributed by atoms with Gasteiger partial charge in [-0.25, -0.2) is 4.98 Å². The second-order valence-corrected chi connectivity index (χ2v) is 7.94. The number of benzene rings is 1. The molecule has 0 aliphatic carbocycles. The van der Waals surface area contributed by atoms with Gasteiger partial charge in [0.25, 0.3) is 5.91 Å². The number of carbonyl (C=O) groups is 1. The van der Waals surface area contributed by atoms with Crippen LogP contribution in [0.2, 0.25) is 0 Å². The highest BCUT2D eigenvalue weighted by molar-refractivity contribution is 7.13. The summed E-state index contributed by atoms with van der Waals surface area (Å²) >= 11 is 1.53. The number of ether oxygens (including phenoxy) is 1. The van der Waals surface area contributed by atoms with Crippen molar-refractivity contribution in [3.8, 4) is 16.6 Å². The molecule has 30 heavy (non-hydrogen) atoms. The van der Waals surface area contributed by atoms with Crippen molar-refractivity contribution in [2.45, 2.75) is 26.8 Å². The number of anilines is 1. The SMILES string of the molecule is COCC(C)n1c(C)cc(/C=C(/C#N)C(=O)Nc2cccc(-c3nccs3)c2)c1C. The van der Waals surface area contributed by atoms with Crippen LogP contribution in [0.5, 0.6) is 0 Å². The van der Waals surface area contributed by atoms with Gasteiger partial charge in [0.1, 0.15) is 16.6 Å². The van der Waals surface area contributed by atoms with Crippen molar-refractivity contribution >= 4 is 29.0 Å². The van der Waals surface area contributed by atoms with Crippen molar-refractivity contribution in [2.75, 3.05) is 19.0 Å². The summed E-state index contributed by atoms with van der Waals surface area (Å²) in [5, 5.41) is 15.2. The molecule has 1 N–H and O–H groups in total.